The van der Waals surface area contributed by atoms with Gasteiger partial charge in [0.15, 0.2) is 0 Å². The molecule has 0 saturated carbocycles. The van der Waals surface area contributed by atoms with Crippen LogP contribution in [0.25, 0.3) is 10.9 Å². The van der Waals surface area contributed by atoms with Gasteiger partial charge in [-0.2, -0.15) is 5.26 Å². The lowest BCUT2D eigenvalue weighted by Gasteiger charge is -2.29. The molecule has 1 atom stereocenters. The van der Waals surface area contributed by atoms with Crippen LogP contribution in [0.15, 0.2) is 30.5 Å². The van der Waals surface area contributed by atoms with Gasteiger partial charge < -0.3 is 15.2 Å². The number of H-pyrrole nitrogens is 1. The number of rotatable bonds is 3. The van der Waals surface area contributed by atoms with E-state index >= 15 is 0 Å². The zero-order chi connectivity index (χ0) is 15.4. The van der Waals surface area contributed by atoms with Crippen molar-refractivity contribution in [3.05, 3.63) is 36.0 Å². The van der Waals surface area contributed by atoms with Crippen LogP contribution in [0.4, 0.5) is 4.79 Å². The van der Waals surface area contributed by atoms with Gasteiger partial charge in [0.25, 0.3) is 0 Å². The number of benzene rings is 1. The second-order valence-electron chi connectivity index (χ2n) is 5.76. The standard InChI is InChI=1S/C17H20N4O/c18-10-13-4-3-9-21(12-13)17(22)19-8-7-14-11-20-16-6-2-1-5-15(14)16/h1-2,5-6,11,13,20H,3-4,7-9,12H2,(H,19,22)/t13-/m0/s1. The second kappa shape index (κ2) is 6.52. The van der Waals surface area contributed by atoms with Gasteiger partial charge in [0, 0.05) is 36.7 Å². The van der Waals surface area contributed by atoms with Crippen LogP contribution in [-0.4, -0.2) is 35.5 Å². The molecule has 1 aliphatic heterocycles. The van der Waals surface area contributed by atoms with Crippen LogP contribution in [-0.2, 0) is 6.42 Å². The first-order valence-corrected chi connectivity index (χ1v) is 7.75. The highest BCUT2D eigenvalue weighted by Gasteiger charge is 2.22. The molecular formula is C17H20N4O. The molecule has 1 fully saturated rings. The molecule has 2 amide bonds. The van der Waals surface area contributed by atoms with Crippen molar-refractivity contribution in [1.82, 2.24) is 15.2 Å². The molecule has 2 aromatic rings. The van der Waals surface area contributed by atoms with Crippen LogP contribution in [0, 0.1) is 17.2 Å². The van der Waals surface area contributed by atoms with Gasteiger partial charge in [0.2, 0.25) is 0 Å². The van der Waals surface area contributed by atoms with Gasteiger partial charge in [-0.25, -0.2) is 4.79 Å². The van der Waals surface area contributed by atoms with Gasteiger partial charge in [-0.15, -0.1) is 0 Å². The van der Waals surface area contributed by atoms with Crippen molar-refractivity contribution < 1.29 is 4.79 Å². The van der Waals surface area contributed by atoms with Crippen molar-refractivity contribution in [2.75, 3.05) is 19.6 Å². The van der Waals surface area contributed by atoms with Gasteiger partial charge in [-0.1, -0.05) is 18.2 Å². The molecule has 0 unspecified atom stereocenters. The fourth-order valence-electron chi connectivity index (χ4n) is 3.02. The van der Waals surface area contributed by atoms with Crippen LogP contribution in [0.5, 0.6) is 0 Å². The lowest BCUT2D eigenvalue weighted by Crippen LogP contribution is -2.45. The first-order valence-electron chi connectivity index (χ1n) is 7.75. The molecule has 1 aromatic carbocycles. The molecule has 1 aliphatic rings. The SMILES string of the molecule is N#C[C@@H]1CCCN(C(=O)NCCc2c[nH]c3ccccc23)C1. The van der Waals surface area contributed by atoms with E-state index in [1.807, 2.05) is 24.4 Å². The molecule has 5 heteroatoms. The third-order valence-corrected chi connectivity index (χ3v) is 4.24. The van der Waals surface area contributed by atoms with E-state index in [9.17, 15) is 4.79 Å². The number of aromatic amines is 1. The van der Waals surface area contributed by atoms with Crippen molar-refractivity contribution in [3.8, 4) is 6.07 Å². The Kier molecular flexibility index (Phi) is 4.29. The molecule has 114 valence electrons. The summed E-state index contributed by atoms with van der Waals surface area (Å²) in [7, 11) is 0. The summed E-state index contributed by atoms with van der Waals surface area (Å²) in [5, 5.41) is 13.2. The van der Waals surface area contributed by atoms with E-state index in [0.29, 0.717) is 13.1 Å². The zero-order valence-corrected chi connectivity index (χ0v) is 12.5. The number of piperidine rings is 1. The maximum atomic E-state index is 12.1. The Hall–Kier alpha value is -2.48. The van der Waals surface area contributed by atoms with Crippen molar-refractivity contribution >= 4 is 16.9 Å². The Morgan fingerprint density at radius 3 is 3.18 bits per heavy atom. The van der Waals surface area contributed by atoms with Crippen LogP contribution in [0.1, 0.15) is 18.4 Å². The number of urea groups is 1. The van der Waals surface area contributed by atoms with E-state index in [4.69, 9.17) is 5.26 Å². The van der Waals surface area contributed by atoms with Crippen molar-refractivity contribution in [2.24, 2.45) is 5.92 Å². The Morgan fingerprint density at radius 2 is 2.32 bits per heavy atom. The largest absolute Gasteiger partial charge is 0.361 e. The van der Waals surface area contributed by atoms with E-state index in [1.165, 1.54) is 10.9 Å². The Morgan fingerprint density at radius 1 is 1.45 bits per heavy atom. The predicted molar refractivity (Wildman–Crippen MR) is 85.3 cm³/mol. The highest BCUT2D eigenvalue weighted by atomic mass is 16.2. The summed E-state index contributed by atoms with van der Waals surface area (Å²) >= 11 is 0. The minimum Gasteiger partial charge on any atom is -0.361 e. The molecule has 1 aromatic heterocycles. The predicted octanol–water partition coefficient (Wildman–Crippen LogP) is 2.66. The summed E-state index contributed by atoms with van der Waals surface area (Å²) in [6, 6.07) is 10.4. The summed E-state index contributed by atoms with van der Waals surface area (Å²) < 4.78 is 0. The highest BCUT2D eigenvalue weighted by Crippen LogP contribution is 2.18. The molecule has 5 nitrogen and oxygen atoms in total. The first kappa shape index (κ1) is 14.5. The normalized spacial score (nSPS) is 18.1. The number of para-hydroxylation sites is 1. The highest BCUT2D eigenvalue weighted by molar-refractivity contribution is 5.83. The average molecular weight is 296 g/mol. The number of amides is 2. The van der Waals surface area contributed by atoms with Crippen LogP contribution in [0.3, 0.4) is 0 Å². The van der Waals surface area contributed by atoms with E-state index < -0.39 is 0 Å². The first-order chi connectivity index (χ1) is 10.8. The number of fused-ring (bicyclic) bond motifs is 1. The van der Waals surface area contributed by atoms with Crippen molar-refractivity contribution in [2.45, 2.75) is 19.3 Å². The fourth-order valence-corrected chi connectivity index (χ4v) is 3.02. The van der Waals surface area contributed by atoms with Crippen molar-refractivity contribution in [1.29, 1.82) is 5.26 Å². The van der Waals surface area contributed by atoms with Crippen LogP contribution in [0.2, 0.25) is 0 Å². The lowest BCUT2D eigenvalue weighted by atomic mass is 10.0. The molecule has 0 radical (unpaired) electrons. The summed E-state index contributed by atoms with van der Waals surface area (Å²) in [4.78, 5) is 17.1. The van der Waals surface area contributed by atoms with E-state index in [-0.39, 0.29) is 11.9 Å². The molecule has 2 heterocycles. The summed E-state index contributed by atoms with van der Waals surface area (Å²) in [5.74, 6) is -0.0203. The molecule has 0 bridgehead atoms. The second-order valence-corrected chi connectivity index (χ2v) is 5.76. The number of hydrogen-bond acceptors (Lipinski definition) is 2. The number of carbonyl (C=O) groups is 1. The van der Waals surface area contributed by atoms with Crippen molar-refractivity contribution in [3.63, 3.8) is 0 Å². The minimum atomic E-state index is -0.0557. The number of aromatic nitrogens is 1. The minimum absolute atomic E-state index is 0.0203. The van der Waals surface area contributed by atoms with E-state index in [0.717, 1.165) is 31.3 Å². The number of nitrogens with one attached hydrogen (secondary N) is 2. The van der Waals surface area contributed by atoms with Gasteiger partial charge >= 0.3 is 6.03 Å². The number of nitrogens with zero attached hydrogens (tertiary/aromatic N) is 2. The summed E-state index contributed by atoms with van der Waals surface area (Å²) in [5.41, 5.74) is 2.33. The fraction of sp³-hybridized carbons (Fsp3) is 0.412. The molecular weight excluding hydrogens is 276 g/mol. The van der Waals surface area contributed by atoms with Gasteiger partial charge in [0.05, 0.1) is 12.0 Å². The molecule has 0 aliphatic carbocycles. The van der Waals surface area contributed by atoms with Gasteiger partial charge in [-0.05, 0) is 30.9 Å². The molecule has 2 N–H and O–H groups in total. The molecule has 0 spiro atoms. The average Bonchev–Trinajstić information content (AvgIpc) is 2.98. The Balaban J connectivity index is 1.52. The van der Waals surface area contributed by atoms with E-state index in [2.05, 4.69) is 22.4 Å². The number of carbonyl (C=O) groups excluding carboxylic acids is 1. The molecule has 3 rings (SSSR count). The van der Waals surface area contributed by atoms with Gasteiger partial charge in [0.1, 0.15) is 0 Å². The third-order valence-electron chi connectivity index (χ3n) is 4.24. The maximum absolute atomic E-state index is 12.1. The van der Waals surface area contributed by atoms with Gasteiger partial charge in [-0.3, -0.25) is 0 Å². The lowest BCUT2D eigenvalue weighted by molar-refractivity contribution is 0.176. The van der Waals surface area contributed by atoms with Crippen LogP contribution < -0.4 is 5.32 Å². The Bertz CT molecular complexity index is 700. The maximum Gasteiger partial charge on any atom is 0.317 e. The smallest absolute Gasteiger partial charge is 0.317 e. The number of hydrogen-bond donors (Lipinski definition) is 2. The summed E-state index contributed by atoms with van der Waals surface area (Å²) in [6.45, 7) is 1.90. The van der Waals surface area contributed by atoms with Crippen LogP contribution >= 0.6 is 0 Å². The van der Waals surface area contributed by atoms with E-state index in [1.54, 1.807) is 4.90 Å². The molecule has 1 saturated heterocycles. The Labute approximate surface area is 129 Å². The monoisotopic (exact) mass is 296 g/mol. The number of nitriles is 1. The third kappa shape index (κ3) is 3.06. The quantitative estimate of drug-likeness (QED) is 0.914. The topological polar surface area (TPSA) is 71.9 Å². The molecule has 22 heavy (non-hydrogen) atoms. The number of likely N-dealkylation sites (tertiary alicyclic amines) is 1. The summed E-state index contributed by atoms with van der Waals surface area (Å²) in [6.07, 6.45) is 4.61. The zero-order valence-electron chi connectivity index (χ0n) is 12.5.